The van der Waals surface area contributed by atoms with E-state index in [-0.39, 0.29) is 0 Å². The maximum Gasteiger partial charge on any atom is 0.325 e. The normalized spacial score (nSPS) is 19.5. The van der Waals surface area contributed by atoms with Gasteiger partial charge in [-0.1, -0.05) is 18.9 Å². The van der Waals surface area contributed by atoms with Crippen molar-refractivity contribution in [3.8, 4) is 0 Å². The van der Waals surface area contributed by atoms with Gasteiger partial charge in [0.1, 0.15) is 6.04 Å². The molecule has 2 heterocycles. The molecule has 1 unspecified atom stereocenters. The Morgan fingerprint density at radius 3 is 2.53 bits per heavy atom. The molecule has 0 bridgehead atoms. The van der Waals surface area contributed by atoms with Crippen LogP contribution in [0, 0.1) is 0 Å². The third-order valence-electron chi connectivity index (χ3n) is 3.24. The zero-order valence-corrected chi connectivity index (χ0v) is 9.88. The third kappa shape index (κ3) is 3.03. The molecule has 17 heavy (non-hydrogen) atoms. The third-order valence-corrected chi connectivity index (χ3v) is 3.24. The Balaban J connectivity index is 2.19. The van der Waals surface area contributed by atoms with Crippen molar-refractivity contribution in [2.75, 3.05) is 13.1 Å². The maximum atomic E-state index is 11.4. The Labute approximate surface area is 101 Å². The molecule has 0 spiro atoms. The van der Waals surface area contributed by atoms with Gasteiger partial charge in [0, 0.05) is 12.4 Å². The fourth-order valence-corrected chi connectivity index (χ4v) is 2.40. The lowest BCUT2D eigenvalue weighted by molar-refractivity contribution is -0.143. The summed E-state index contributed by atoms with van der Waals surface area (Å²) in [5.74, 6) is -0.778. The van der Waals surface area contributed by atoms with E-state index < -0.39 is 12.0 Å². The molecule has 4 nitrogen and oxygen atoms in total. The van der Waals surface area contributed by atoms with Crippen LogP contribution in [0.1, 0.15) is 37.3 Å². The smallest absolute Gasteiger partial charge is 0.325 e. The molecule has 4 heteroatoms. The summed E-state index contributed by atoms with van der Waals surface area (Å²) in [6.07, 6.45) is 7.91. The highest BCUT2D eigenvalue weighted by atomic mass is 16.4. The molecule has 1 atom stereocenters. The summed E-state index contributed by atoms with van der Waals surface area (Å²) >= 11 is 0. The van der Waals surface area contributed by atoms with Crippen LogP contribution >= 0.6 is 0 Å². The molecule has 0 aliphatic carbocycles. The van der Waals surface area contributed by atoms with E-state index in [1.165, 1.54) is 12.8 Å². The monoisotopic (exact) mass is 234 g/mol. The van der Waals surface area contributed by atoms with E-state index in [2.05, 4.69) is 9.88 Å². The molecule has 1 N–H and O–H groups in total. The molecule has 0 radical (unpaired) electrons. The van der Waals surface area contributed by atoms with Crippen LogP contribution in [0.2, 0.25) is 0 Å². The van der Waals surface area contributed by atoms with Gasteiger partial charge in [0.25, 0.3) is 0 Å². The van der Waals surface area contributed by atoms with Gasteiger partial charge in [0.15, 0.2) is 0 Å². The van der Waals surface area contributed by atoms with Crippen LogP contribution in [0.4, 0.5) is 0 Å². The fraction of sp³-hybridized carbons (Fsp3) is 0.538. The van der Waals surface area contributed by atoms with E-state index >= 15 is 0 Å². The molecule has 92 valence electrons. The zero-order valence-electron chi connectivity index (χ0n) is 9.88. The highest BCUT2D eigenvalue weighted by Crippen LogP contribution is 2.23. The Morgan fingerprint density at radius 1 is 1.29 bits per heavy atom. The molecule has 1 aliphatic heterocycles. The Kier molecular flexibility index (Phi) is 4.09. The Morgan fingerprint density at radius 2 is 2.00 bits per heavy atom. The van der Waals surface area contributed by atoms with Crippen LogP contribution in [0.25, 0.3) is 0 Å². The number of aliphatic carboxylic acids is 1. The summed E-state index contributed by atoms with van der Waals surface area (Å²) in [7, 11) is 0. The predicted octanol–water partition coefficient (Wildman–Crippen LogP) is 2.08. The summed E-state index contributed by atoms with van der Waals surface area (Å²) < 4.78 is 0. The number of hydrogen-bond acceptors (Lipinski definition) is 3. The van der Waals surface area contributed by atoms with E-state index in [4.69, 9.17) is 0 Å². The van der Waals surface area contributed by atoms with Crippen molar-refractivity contribution in [2.24, 2.45) is 0 Å². The number of rotatable bonds is 3. The first-order valence-electron chi connectivity index (χ1n) is 6.16. The van der Waals surface area contributed by atoms with Gasteiger partial charge in [-0.3, -0.25) is 14.7 Å². The first-order chi connectivity index (χ1) is 8.29. The second kappa shape index (κ2) is 5.77. The SMILES string of the molecule is O=C(O)C(c1cccnc1)N1CCCCCC1. The molecule has 0 aromatic carbocycles. The average molecular weight is 234 g/mol. The topological polar surface area (TPSA) is 53.4 Å². The van der Waals surface area contributed by atoms with Crippen molar-refractivity contribution < 1.29 is 9.90 Å². The van der Waals surface area contributed by atoms with E-state index in [1.54, 1.807) is 18.5 Å². The number of aromatic nitrogens is 1. The van der Waals surface area contributed by atoms with Crippen LogP contribution < -0.4 is 0 Å². The summed E-state index contributed by atoms with van der Waals surface area (Å²) in [4.78, 5) is 17.5. The summed E-state index contributed by atoms with van der Waals surface area (Å²) in [6.45, 7) is 1.73. The van der Waals surface area contributed by atoms with Gasteiger partial charge in [-0.2, -0.15) is 0 Å². The van der Waals surface area contributed by atoms with Gasteiger partial charge in [-0.15, -0.1) is 0 Å². The number of pyridine rings is 1. The van der Waals surface area contributed by atoms with Crippen LogP contribution in [0.15, 0.2) is 24.5 Å². The minimum atomic E-state index is -0.778. The quantitative estimate of drug-likeness (QED) is 0.870. The Bertz CT molecular complexity index is 359. The number of carbonyl (C=O) groups is 1. The highest BCUT2D eigenvalue weighted by Gasteiger charge is 2.27. The zero-order chi connectivity index (χ0) is 12.1. The van der Waals surface area contributed by atoms with E-state index in [1.807, 2.05) is 6.07 Å². The van der Waals surface area contributed by atoms with Crippen molar-refractivity contribution >= 4 is 5.97 Å². The second-order valence-corrected chi connectivity index (χ2v) is 4.48. The fourth-order valence-electron chi connectivity index (χ4n) is 2.40. The lowest BCUT2D eigenvalue weighted by Gasteiger charge is -2.27. The van der Waals surface area contributed by atoms with Crippen LogP contribution in [-0.2, 0) is 4.79 Å². The number of carboxylic acids is 1. The number of likely N-dealkylation sites (tertiary alicyclic amines) is 1. The van der Waals surface area contributed by atoms with E-state index in [0.29, 0.717) is 0 Å². The van der Waals surface area contributed by atoms with Gasteiger partial charge >= 0.3 is 5.97 Å². The Hall–Kier alpha value is -1.42. The van der Waals surface area contributed by atoms with Crippen LogP contribution in [0.3, 0.4) is 0 Å². The van der Waals surface area contributed by atoms with Crippen molar-refractivity contribution in [2.45, 2.75) is 31.7 Å². The number of nitrogens with zero attached hydrogens (tertiary/aromatic N) is 2. The lowest BCUT2D eigenvalue weighted by atomic mass is 10.1. The van der Waals surface area contributed by atoms with Gasteiger partial charge < -0.3 is 5.11 Å². The molecule has 0 saturated carbocycles. The van der Waals surface area contributed by atoms with Crippen molar-refractivity contribution in [3.63, 3.8) is 0 Å². The van der Waals surface area contributed by atoms with Gasteiger partial charge in [0.05, 0.1) is 0 Å². The van der Waals surface area contributed by atoms with Crippen LogP contribution in [-0.4, -0.2) is 34.0 Å². The lowest BCUT2D eigenvalue weighted by Crippen LogP contribution is -2.34. The number of hydrogen-bond donors (Lipinski definition) is 1. The molecular weight excluding hydrogens is 216 g/mol. The van der Waals surface area contributed by atoms with Crippen molar-refractivity contribution in [3.05, 3.63) is 30.1 Å². The minimum Gasteiger partial charge on any atom is -0.480 e. The minimum absolute atomic E-state index is 0.540. The summed E-state index contributed by atoms with van der Waals surface area (Å²) in [5.41, 5.74) is 0.780. The number of carboxylic acid groups (broad SMARTS) is 1. The molecule has 1 aromatic rings. The first kappa shape index (κ1) is 12.0. The van der Waals surface area contributed by atoms with Crippen LogP contribution in [0.5, 0.6) is 0 Å². The standard InChI is InChI=1S/C13H18N2O2/c16-13(17)12(11-6-5-7-14-10-11)15-8-3-1-2-4-9-15/h5-7,10,12H,1-4,8-9H2,(H,16,17). The van der Waals surface area contributed by atoms with E-state index in [9.17, 15) is 9.90 Å². The van der Waals surface area contributed by atoms with E-state index in [0.717, 1.165) is 31.5 Å². The predicted molar refractivity (Wildman–Crippen MR) is 64.7 cm³/mol. The second-order valence-electron chi connectivity index (χ2n) is 4.48. The van der Waals surface area contributed by atoms with Crippen molar-refractivity contribution in [1.29, 1.82) is 0 Å². The van der Waals surface area contributed by atoms with Gasteiger partial charge in [-0.05, 0) is 37.6 Å². The molecular formula is C13H18N2O2. The molecule has 1 aliphatic rings. The van der Waals surface area contributed by atoms with Crippen molar-refractivity contribution in [1.82, 2.24) is 9.88 Å². The van der Waals surface area contributed by atoms with Gasteiger partial charge in [-0.25, -0.2) is 0 Å². The molecule has 2 rings (SSSR count). The highest BCUT2D eigenvalue weighted by molar-refractivity contribution is 5.75. The molecule has 1 fully saturated rings. The first-order valence-corrected chi connectivity index (χ1v) is 6.16. The maximum absolute atomic E-state index is 11.4. The largest absolute Gasteiger partial charge is 0.480 e. The van der Waals surface area contributed by atoms with Gasteiger partial charge in [0.2, 0.25) is 0 Å². The molecule has 0 amide bonds. The summed E-state index contributed by atoms with van der Waals surface area (Å²) in [5, 5.41) is 9.40. The summed E-state index contributed by atoms with van der Waals surface area (Å²) in [6, 6.07) is 3.10. The average Bonchev–Trinajstić information content (AvgIpc) is 2.59. The molecule has 1 saturated heterocycles. The molecule has 1 aromatic heterocycles.